The molecule has 34 heavy (non-hydrogen) atoms. The van der Waals surface area contributed by atoms with E-state index < -0.39 is 29.1 Å². The largest absolute Gasteiger partial charge is 0.416 e. The number of rotatable bonds is 6. The van der Waals surface area contributed by atoms with Crippen molar-refractivity contribution in [3.05, 3.63) is 99.6 Å². The van der Waals surface area contributed by atoms with E-state index in [2.05, 4.69) is 15.6 Å². The molecular formula is C25H24ClF4N3O. The van der Waals surface area contributed by atoms with Gasteiger partial charge in [0.1, 0.15) is 11.4 Å². The first-order valence-electron chi connectivity index (χ1n) is 10.5. The van der Waals surface area contributed by atoms with E-state index >= 15 is 0 Å². The fraction of sp³-hybridized carbons (Fsp3) is 0.280. The van der Waals surface area contributed by atoms with E-state index in [9.17, 15) is 22.4 Å². The number of hydrogen-bond acceptors (Lipinski definition) is 2. The summed E-state index contributed by atoms with van der Waals surface area (Å²) in [6, 6.07) is 11.7. The number of aromatic nitrogens is 1. The van der Waals surface area contributed by atoms with Gasteiger partial charge >= 0.3 is 12.2 Å². The molecule has 3 aromatic rings. The summed E-state index contributed by atoms with van der Waals surface area (Å²) in [7, 11) is 0. The number of nitrogens with zero attached hydrogens (tertiary/aromatic N) is 1. The molecule has 0 aliphatic carbocycles. The smallest absolute Gasteiger partial charge is 0.336 e. The van der Waals surface area contributed by atoms with Gasteiger partial charge in [0.2, 0.25) is 0 Å². The van der Waals surface area contributed by atoms with Gasteiger partial charge in [0.25, 0.3) is 0 Å². The van der Waals surface area contributed by atoms with Gasteiger partial charge in [0.15, 0.2) is 0 Å². The first-order chi connectivity index (χ1) is 15.9. The molecule has 2 amide bonds. The Labute approximate surface area is 200 Å². The molecule has 0 aliphatic heterocycles. The van der Waals surface area contributed by atoms with Crippen LogP contribution in [0.1, 0.15) is 41.8 Å². The zero-order valence-corrected chi connectivity index (χ0v) is 19.6. The predicted octanol–water partition coefficient (Wildman–Crippen LogP) is 6.40. The van der Waals surface area contributed by atoms with E-state index in [0.717, 1.165) is 17.7 Å². The van der Waals surface area contributed by atoms with E-state index in [1.165, 1.54) is 18.3 Å². The molecule has 0 fully saturated rings. The lowest BCUT2D eigenvalue weighted by molar-refractivity contribution is -0.137. The summed E-state index contributed by atoms with van der Waals surface area (Å²) in [5.41, 5.74) is -1.08. The number of halogens is 5. The van der Waals surface area contributed by atoms with Crippen molar-refractivity contribution < 1.29 is 22.4 Å². The number of urea groups is 1. The number of hydrogen-bond donors (Lipinski definition) is 2. The van der Waals surface area contributed by atoms with Gasteiger partial charge in [0.05, 0.1) is 16.3 Å². The van der Waals surface area contributed by atoms with Crippen molar-refractivity contribution in [3.63, 3.8) is 0 Å². The minimum atomic E-state index is -4.79. The summed E-state index contributed by atoms with van der Waals surface area (Å²) in [4.78, 5) is 17.2. The molecule has 0 saturated heterocycles. The second-order valence-electron chi connectivity index (χ2n) is 8.41. The van der Waals surface area contributed by atoms with Crippen LogP contribution in [0.15, 0.2) is 60.8 Å². The Morgan fingerprint density at radius 1 is 1.06 bits per heavy atom. The van der Waals surface area contributed by atoms with Crippen LogP contribution >= 0.6 is 11.6 Å². The predicted molar refractivity (Wildman–Crippen MR) is 123 cm³/mol. The lowest BCUT2D eigenvalue weighted by Crippen LogP contribution is -2.53. The van der Waals surface area contributed by atoms with Crippen molar-refractivity contribution >= 4 is 17.6 Å². The lowest BCUT2D eigenvalue weighted by Gasteiger charge is -2.36. The monoisotopic (exact) mass is 493 g/mol. The third-order valence-electron chi connectivity index (χ3n) is 5.18. The number of carbonyl (C=O) groups excluding carboxylic acids is 1. The Morgan fingerprint density at radius 3 is 2.35 bits per heavy atom. The number of amides is 2. The highest BCUT2D eigenvalue weighted by Crippen LogP contribution is 2.38. The number of alkyl halides is 3. The molecule has 2 aromatic carbocycles. The van der Waals surface area contributed by atoms with Gasteiger partial charge in [-0.25, -0.2) is 9.18 Å². The minimum absolute atomic E-state index is 0.00950. The van der Waals surface area contributed by atoms with Crippen LogP contribution in [0, 0.1) is 12.7 Å². The van der Waals surface area contributed by atoms with Crippen LogP contribution in [0.2, 0.25) is 5.02 Å². The summed E-state index contributed by atoms with van der Waals surface area (Å²) in [6.07, 6.45) is -3.46. The first kappa shape index (κ1) is 25.5. The van der Waals surface area contributed by atoms with Gasteiger partial charge in [-0.1, -0.05) is 41.4 Å². The van der Waals surface area contributed by atoms with Crippen LogP contribution < -0.4 is 10.6 Å². The van der Waals surface area contributed by atoms with Gasteiger partial charge in [0, 0.05) is 18.7 Å². The Morgan fingerprint density at radius 2 is 1.76 bits per heavy atom. The number of nitrogens with one attached hydrogen (secondary N) is 2. The molecule has 4 nitrogen and oxygen atoms in total. The Bertz CT molecular complexity index is 1170. The molecule has 0 saturated carbocycles. The standard InChI is InChI=1S/C25H24ClF4N3O/c1-15(2)32-23(34)33-24(22-8-7-20(26)14-31-22,13-17-6-4-5-16(3)9-17)18-10-19(25(28,29)30)12-21(27)11-18/h4-12,14-15H,13H2,1-3H3,(H2,32,33,34)/t24-/m0/s1. The number of pyridine rings is 1. The fourth-order valence-electron chi connectivity index (χ4n) is 3.77. The van der Waals surface area contributed by atoms with Crippen LogP contribution in [0.3, 0.4) is 0 Å². The topological polar surface area (TPSA) is 54.0 Å². The summed E-state index contributed by atoms with van der Waals surface area (Å²) in [6.45, 7) is 5.35. The maximum atomic E-state index is 14.5. The number of aryl methyl sites for hydroxylation is 1. The van der Waals surface area contributed by atoms with Crippen LogP contribution in [0.25, 0.3) is 0 Å². The molecule has 1 heterocycles. The highest BCUT2D eigenvalue weighted by molar-refractivity contribution is 6.30. The van der Waals surface area contributed by atoms with Crippen molar-refractivity contribution in [1.29, 1.82) is 0 Å². The molecular weight excluding hydrogens is 470 g/mol. The van der Waals surface area contributed by atoms with Crippen LogP contribution in [-0.2, 0) is 18.1 Å². The quantitative estimate of drug-likeness (QED) is 0.391. The van der Waals surface area contributed by atoms with E-state index in [1.807, 2.05) is 19.1 Å². The van der Waals surface area contributed by atoms with Crippen LogP contribution in [0.4, 0.5) is 22.4 Å². The summed E-state index contributed by atoms with van der Waals surface area (Å²) < 4.78 is 55.4. The molecule has 9 heteroatoms. The van der Waals surface area contributed by atoms with Crippen molar-refractivity contribution in [1.82, 2.24) is 15.6 Å². The Kier molecular flexibility index (Phi) is 7.51. The second kappa shape index (κ2) is 10.0. The van der Waals surface area contributed by atoms with Crippen molar-refractivity contribution in [3.8, 4) is 0 Å². The molecule has 1 aromatic heterocycles. The third-order valence-corrected chi connectivity index (χ3v) is 5.40. The van der Waals surface area contributed by atoms with Crippen molar-refractivity contribution in [2.75, 3.05) is 0 Å². The first-order valence-corrected chi connectivity index (χ1v) is 10.9. The molecule has 0 aliphatic rings. The van der Waals surface area contributed by atoms with Gasteiger partial charge in [-0.2, -0.15) is 13.2 Å². The average molecular weight is 494 g/mol. The van der Waals surface area contributed by atoms with E-state index in [-0.39, 0.29) is 23.7 Å². The van der Waals surface area contributed by atoms with E-state index in [0.29, 0.717) is 16.7 Å². The maximum Gasteiger partial charge on any atom is 0.416 e. The van der Waals surface area contributed by atoms with Gasteiger partial charge < -0.3 is 10.6 Å². The zero-order valence-electron chi connectivity index (χ0n) is 18.8. The zero-order chi connectivity index (χ0) is 25.1. The minimum Gasteiger partial charge on any atom is -0.336 e. The molecule has 0 bridgehead atoms. The molecule has 0 radical (unpaired) electrons. The number of benzene rings is 2. The van der Waals surface area contributed by atoms with Crippen molar-refractivity contribution in [2.45, 2.75) is 44.9 Å². The van der Waals surface area contributed by atoms with E-state index in [1.54, 1.807) is 26.0 Å². The summed E-state index contributed by atoms with van der Waals surface area (Å²) >= 11 is 6.00. The van der Waals surface area contributed by atoms with Gasteiger partial charge in [-0.15, -0.1) is 0 Å². The third kappa shape index (κ3) is 6.05. The molecule has 0 unspecified atom stereocenters. The fourth-order valence-corrected chi connectivity index (χ4v) is 3.88. The SMILES string of the molecule is Cc1cccc(C[C@](NC(=O)NC(C)C)(c2cc(F)cc(C(F)(F)F)c2)c2ccc(Cl)cn2)c1. The maximum absolute atomic E-state index is 14.5. The van der Waals surface area contributed by atoms with Gasteiger partial charge in [-0.3, -0.25) is 4.98 Å². The van der Waals surface area contributed by atoms with Crippen LogP contribution in [-0.4, -0.2) is 17.1 Å². The molecule has 0 spiro atoms. The molecule has 180 valence electrons. The van der Waals surface area contributed by atoms with Gasteiger partial charge in [-0.05, 0) is 62.2 Å². The highest BCUT2D eigenvalue weighted by Gasteiger charge is 2.41. The Hall–Kier alpha value is -3.13. The van der Waals surface area contributed by atoms with Crippen LogP contribution in [0.5, 0.6) is 0 Å². The molecule has 1 atom stereocenters. The average Bonchev–Trinajstić information content (AvgIpc) is 2.72. The summed E-state index contributed by atoms with van der Waals surface area (Å²) in [5.74, 6) is -1.08. The Balaban J connectivity index is 2.31. The van der Waals surface area contributed by atoms with Crippen molar-refractivity contribution in [2.24, 2.45) is 0 Å². The second-order valence-corrected chi connectivity index (χ2v) is 8.85. The van der Waals surface area contributed by atoms with E-state index in [4.69, 9.17) is 11.6 Å². The summed E-state index contributed by atoms with van der Waals surface area (Å²) in [5, 5.41) is 5.78. The molecule has 3 rings (SSSR count). The normalized spacial score (nSPS) is 13.4. The number of carbonyl (C=O) groups is 1. The lowest BCUT2D eigenvalue weighted by atomic mass is 9.79. The molecule has 2 N–H and O–H groups in total. The highest BCUT2D eigenvalue weighted by atomic mass is 35.5.